The molecule has 35 heavy (non-hydrogen) atoms. The van der Waals surface area contributed by atoms with E-state index >= 15 is 0 Å². The summed E-state index contributed by atoms with van der Waals surface area (Å²) < 4.78 is 6.23. The highest BCUT2D eigenvalue weighted by molar-refractivity contribution is 8.26. The Bertz CT molecular complexity index is 1310. The van der Waals surface area contributed by atoms with Crippen LogP contribution in [-0.2, 0) is 9.59 Å². The first-order valence-electron chi connectivity index (χ1n) is 10.5. The number of thiocarbonyl (C=S) groups is 1. The summed E-state index contributed by atoms with van der Waals surface area (Å²) in [6, 6.07) is 22.3. The van der Waals surface area contributed by atoms with Gasteiger partial charge in [-0.2, -0.15) is 0 Å². The summed E-state index contributed by atoms with van der Waals surface area (Å²) in [5, 5.41) is 13.4. The van der Waals surface area contributed by atoms with Crippen molar-refractivity contribution in [3.05, 3.63) is 99.4 Å². The first kappa shape index (κ1) is 24.1. The number of nitro groups is 1. The summed E-state index contributed by atoms with van der Waals surface area (Å²) in [5.74, 6) is 0.756. The number of para-hydroxylation sites is 1. The van der Waals surface area contributed by atoms with Gasteiger partial charge in [-0.25, -0.2) is 0 Å². The molecule has 0 atom stereocenters. The minimum absolute atomic E-state index is 0.0249. The van der Waals surface area contributed by atoms with E-state index in [1.54, 1.807) is 6.08 Å². The van der Waals surface area contributed by atoms with E-state index in [4.69, 9.17) is 17.0 Å². The molecule has 1 aliphatic rings. The van der Waals surface area contributed by atoms with Crippen LogP contribution in [0.3, 0.4) is 0 Å². The predicted molar refractivity (Wildman–Crippen MR) is 139 cm³/mol. The normalized spacial score (nSPS) is 14.3. The summed E-state index contributed by atoms with van der Waals surface area (Å²) in [4.78, 5) is 37.3. The van der Waals surface area contributed by atoms with Gasteiger partial charge in [-0.15, -0.1) is 0 Å². The molecule has 1 aliphatic heterocycles. The van der Waals surface area contributed by atoms with Crippen molar-refractivity contribution in [2.45, 2.75) is 6.42 Å². The maximum atomic E-state index is 12.9. The van der Waals surface area contributed by atoms with E-state index in [-0.39, 0.29) is 30.5 Å². The number of rotatable bonds is 8. The Hall–Kier alpha value is -4.02. The molecular weight excluding hydrogens is 486 g/mol. The van der Waals surface area contributed by atoms with Crippen LogP contribution in [0.15, 0.2) is 83.8 Å². The maximum Gasteiger partial charge on any atom is 0.269 e. The lowest BCUT2D eigenvalue weighted by molar-refractivity contribution is -0.384. The topological polar surface area (TPSA) is 102 Å². The molecule has 0 radical (unpaired) electrons. The van der Waals surface area contributed by atoms with E-state index in [1.807, 2.05) is 54.6 Å². The van der Waals surface area contributed by atoms with Crippen LogP contribution in [0.4, 0.5) is 11.4 Å². The van der Waals surface area contributed by atoms with Crippen LogP contribution in [0.2, 0.25) is 0 Å². The van der Waals surface area contributed by atoms with Gasteiger partial charge in [0.15, 0.2) is 0 Å². The maximum absolute atomic E-state index is 12.9. The third-order valence-electron chi connectivity index (χ3n) is 4.93. The highest BCUT2D eigenvalue weighted by Gasteiger charge is 2.32. The smallest absolute Gasteiger partial charge is 0.269 e. The lowest BCUT2D eigenvalue weighted by Crippen LogP contribution is -2.31. The van der Waals surface area contributed by atoms with E-state index in [1.165, 1.54) is 40.9 Å². The molecule has 0 spiro atoms. The van der Waals surface area contributed by atoms with E-state index in [0.29, 0.717) is 26.4 Å². The standard InChI is InChI=1S/C25H19N3O5S2/c29-23(26-18-9-11-19(12-10-18)28(31)32)13-14-27-24(30)22(35-25(27)34)16-17-5-4-8-21(15-17)33-20-6-2-1-3-7-20/h1-12,15-16H,13-14H2,(H,26,29)/b22-16-. The van der Waals surface area contributed by atoms with E-state index in [2.05, 4.69) is 5.32 Å². The lowest BCUT2D eigenvalue weighted by atomic mass is 10.2. The van der Waals surface area contributed by atoms with Crippen molar-refractivity contribution in [1.82, 2.24) is 4.90 Å². The number of benzene rings is 3. The van der Waals surface area contributed by atoms with Gasteiger partial charge in [0.05, 0.1) is 9.83 Å². The van der Waals surface area contributed by atoms with Crippen molar-refractivity contribution in [2.24, 2.45) is 0 Å². The molecule has 8 nitrogen and oxygen atoms in total. The van der Waals surface area contributed by atoms with Gasteiger partial charge in [-0.3, -0.25) is 24.6 Å². The van der Waals surface area contributed by atoms with Crippen molar-refractivity contribution >= 4 is 57.6 Å². The van der Waals surface area contributed by atoms with Crippen molar-refractivity contribution in [2.75, 3.05) is 11.9 Å². The molecule has 2 amide bonds. The number of carbonyl (C=O) groups excluding carboxylic acids is 2. The van der Waals surface area contributed by atoms with Gasteiger partial charge >= 0.3 is 0 Å². The number of amides is 2. The number of nitro benzene ring substituents is 1. The molecule has 0 saturated carbocycles. The quantitative estimate of drug-likeness (QED) is 0.184. The number of non-ortho nitro benzene ring substituents is 1. The van der Waals surface area contributed by atoms with E-state index < -0.39 is 4.92 Å². The van der Waals surface area contributed by atoms with Crippen LogP contribution in [0.25, 0.3) is 6.08 Å². The third kappa shape index (κ3) is 6.31. The van der Waals surface area contributed by atoms with Crippen LogP contribution in [0.5, 0.6) is 11.5 Å². The number of carbonyl (C=O) groups is 2. The van der Waals surface area contributed by atoms with Gasteiger partial charge in [-0.05, 0) is 48.0 Å². The second-order valence-corrected chi connectivity index (χ2v) is 9.10. The molecule has 3 aromatic carbocycles. The Morgan fingerprint density at radius 2 is 1.77 bits per heavy atom. The average molecular weight is 506 g/mol. The molecule has 1 heterocycles. The number of nitrogens with one attached hydrogen (secondary N) is 1. The zero-order valence-corrected chi connectivity index (χ0v) is 19.9. The molecule has 10 heteroatoms. The summed E-state index contributed by atoms with van der Waals surface area (Å²) in [5.41, 5.74) is 1.16. The number of anilines is 1. The SMILES string of the molecule is O=C(CCN1C(=O)/C(=C/c2cccc(Oc3ccccc3)c2)SC1=S)Nc1ccc([N+](=O)[O-])cc1. The van der Waals surface area contributed by atoms with Crippen molar-refractivity contribution in [3.8, 4) is 11.5 Å². The van der Waals surface area contributed by atoms with E-state index in [9.17, 15) is 19.7 Å². The zero-order valence-electron chi connectivity index (χ0n) is 18.2. The van der Waals surface area contributed by atoms with Gasteiger partial charge in [0, 0.05) is 30.8 Å². The lowest BCUT2D eigenvalue weighted by Gasteiger charge is -2.14. The second-order valence-electron chi connectivity index (χ2n) is 7.42. The highest BCUT2D eigenvalue weighted by atomic mass is 32.2. The number of hydrogen-bond acceptors (Lipinski definition) is 7. The predicted octanol–water partition coefficient (Wildman–Crippen LogP) is 5.62. The first-order chi connectivity index (χ1) is 16.9. The Morgan fingerprint density at radius 3 is 2.49 bits per heavy atom. The van der Waals surface area contributed by atoms with Crippen LogP contribution in [0.1, 0.15) is 12.0 Å². The highest BCUT2D eigenvalue weighted by Crippen LogP contribution is 2.33. The van der Waals surface area contributed by atoms with Crippen molar-refractivity contribution in [1.29, 1.82) is 0 Å². The van der Waals surface area contributed by atoms with Gasteiger partial charge in [-0.1, -0.05) is 54.3 Å². The number of thioether (sulfide) groups is 1. The summed E-state index contributed by atoms with van der Waals surface area (Å²) in [6.07, 6.45) is 1.77. The molecule has 176 valence electrons. The molecule has 4 rings (SSSR count). The van der Waals surface area contributed by atoms with Crippen molar-refractivity contribution < 1.29 is 19.2 Å². The minimum Gasteiger partial charge on any atom is -0.457 e. The molecule has 0 unspecified atom stereocenters. The molecule has 0 aromatic heterocycles. The zero-order chi connectivity index (χ0) is 24.8. The van der Waals surface area contributed by atoms with Crippen LogP contribution in [0, 0.1) is 10.1 Å². The largest absolute Gasteiger partial charge is 0.457 e. The second kappa shape index (κ2) is 10.9. The summed E-state index contributed by atoms with van der Waals surface area (Å²) >= 11 is 6.53. The molecule has 0 bridgehead atoms. The summed E-state index contributed by atoms with van der Waals surface area (Å²) in [6.45, 7) is 0.123. The first-order valence-corrected chi connectivity index (χ1v) is 11.7. The average Bonchev–Trinajstić information content (AvgIpc) is 3.11. The van der Waals surface area contributed by atoms with Gasteiger partial charge < -0.3 is 10.1 Å². The molecule has 0 aliphatic carbocycles. The Kier molecular flexibility index (Phi) is 7.54. The Balaban J connectivity index is 1.36. The molecule has 1 fully saturated rings. The molecule has 1 N–H and O–H groups in total. The van der Waals surface area contributed by atoms with Crippen LogP contribution in [-0.4, -0.2) is 32.5 Å². The fourth-order valence-corrected chi connectivity index (χ4v) is 4.55. The fraction of sp³-hybridized carbons (Fsp3) is 0.0800. The molecular formula is C25H19N3O5S2. The van der Waals surface area contributed by atoms with Crippen molar-refractivity contribution in [3.63, 3.8) is 0 Å². The fourth-order valence-electron chi connectivity index (χ4n) is 3.24. The van der Waals surface area contributed by atoms with Gasteiger partial charge in [0.2, 0.25) is 5.91 Å². The minimum atomic E-state index is -0.513. The van der Waals surface area contributed by atoms with Gasteiger partial charge in [0.25, 0.3) is 11.6 Å². The number of nitrogens with zero attached hydrogens (tertiary/aromatic N) is 2. The monoisotopic (exact) mass is 505 g/mol. The van der Waals surface area contributed by atoms with E-state index in [0.717, 1.165) is 5.56 Å². The Morgan fingerprint density at radius 1 is 1.06 bits per heavy atom. The molecule has 1 saturated heterocycles. The van der Waals surface area contributed by atoms with Gasteiger partial charge in [0.1, 0.15) is 15.8 Å². The summed E-state index contributed by atoms with van der Waals surface area (Å²) in [7, 11) is 0. The number of hydrogen-bond donors (Lipinski definition) is 1. The molecule has 3 aromatic rings. The number of ether oxygens (including phenoxy) is 1. The van der Waals surface area contributed by atoms with Crippen LogP contribution >= 0.6 is 24.0 Å². The third-order valence-corrected chi connectivity index (χ3v) is 6.31. The van der Waals surface area contributed by atoms with Crippen LogP contribution < -0.4 is 10.1 Å². The Labute approximate surface area is 210 Å².